The lowest BCUT2D eigenvalue weighted by atomic mass is 10.3. The Kier molecular flexibility index (Phi) is 4.01. The number of nitrogen functional groups attached to an aromatic ring is 1. The molecular formula is C15H13N3O3S2. The predicted octanol–water partition coefficient (Wildman–Crippen LogP) is 2.63. The summed E-state index contributed by atoms with van der Waals surface area (Å²) < 4.78 is 30.6. The van der Waals surface area contributed by atoms with Crippen molar-refractivity contribution in [3.05, 3.63) is 48.7 Å². The van der Waals surface area contributed by atoms with Crippen LogP contribution in [0.25, 0.3) is 10.6 Å². The maximum Gasteiger partial charge on any atom is 0.220 e. The zero-order valence-electron chi connectivity index (χ0n) is 12.1. The first-order valence-corrected chi connectivity index (χ1v) is 8.88. The van der Waals surface area contributed by atoms with Crippen LogP contribution < -0.4 is 10.5 Å². The zero-order valence-corrected chi connectivity index (χ0v) is 13.8. The topological polar surface area (TPSA) is 95.2 Å². The Hall–Kier alpha value is -2.45. The molecule has 3 aromatic rings. The number of thiophene rings is 1. The molecule has 0 aliphatic carbocycles. The Morgan fingerprint density at radius 3 is 2.48 bits per heavy atom. The molecule has 0 atom stereocenters. The fraction of sp³-hybridized carbons (Fsp3) is 0.0667. The molecule has 0 aliphatic rings. The van der Waals surface area contributed by atoms with Crippen molar-refractivity contribution in [1.82, 2.24) is 9.97 Å². The molecule has 0 amide bonds. The van der Waals surface area contributed by atoms with E-state index in [1.165, 1.54) is 25.4 Å². The molecule has 0 aliphatic heterocycles. The van der Waals surface area contributed by atoms with E-state index in [1.807, 2.05) is 0 Å². The van der Waals surface area contributed by atoms with Crippen molar-refractivity contribution < 1.29 is 13.2 Å². The van der Waals surface area contributed by atoms with Crippen LogP contribution in [0.2, 0.25) is 0 Å². The number of hydrogen-bond acceptors (Lipinski definition) is 7. The number of hydrogen-bond donors (Lipinski definition) is 1. The maximum atomic E-state index is 12.7. The van der Waals surface area contributed by atoms with Gasteiger partial charge in [0.05, 0.1) is 22.6 Å². The van der Waals surface area contributed by atoms with Gasteiger partial charge in [-0.3, -0.25) is 0 Å². The van der Waals surface area contributed by atoms with Gasteiger partial charge in [-0.25, -0.2) is 18.4 Å². The third-order valence-corrected chi connectivity index (χ3v) is 6.51. The molecule has 6 nitrogen and oxygen atoms in total. The number of anilines is 1. The average Bonchev–Trinajstić information content (AvgIpc) is 3.06. The van der Waals surface area contributed by atoms with Crippen LogP contribution in [-0.2, 0) is 9.84 Å². The lowest BCUT2D eigenvalue weighted by Gasteiger charge is -2.03. The minimum Gasteiger partial charge on any atom is -0.497 e. The van der Waals surface area contributed by atoms with E-state index in [1.54, 1.807) is 30.3 Å². The highest BCUT2D eigenvalue weighted by atomic mass is 32.2. The van der Waals surface area contributed by atoms with Gasteiger partial charge >= 0.3 is 0 Å². The van der Waals surface area contributed by atoms with Gasteiger partial charge < -0.3 is 10.5 Å². The summed E-state index contributed by atoms with van der Waals surface area (Å²) in [5.74, 6) is 0.753. The number of rotatable bonds is 4. The maximum absolute atomic E-state index is 12.7. The third kappa shape index (κ3) is 3.03. The van der Waals surface area contributed by atoms with Crippen LogP contribution in [0.15, 0.2) is 57.8 Å². The largest absolute Gasteiger partial charge is 0.497 e. The molecule has 23 heavy (non-hydrogen) atoms. The van der Waals surface area contributed by atoms with E-state index in [0.29, 0.717) is 16.3 Å². The van der Waals surface area contributed by atoms with Crippen molar-refractivity contribution >= 4 is 27.1 Å². The summed E-state index contributed by atoms with van der Waals surface area (Å²) >= 11 is 1.14. The third-order valence-electron chi connectivity index (χ3n) is 3.14. The molecule has 0 radical (unpaired) electrons. The van der Waals surface area contributed by atoms with E-state index >= 15 is 0 Å². The molecule has 8 heteroatoms. The molecule has 3 rings (SSSR count). The fourth-order valence-corrected chi connectivity index (χ4v) is 4.66. The molecule has 118 valence electrons. The van der Waals surface area contributed by atoms with Crippen LogP contribution in [0, 0.1) is 0 Å². The minimum atomic E-state index is -3.57. The van der Waals surface area contributed by atoms with Crippen LogP contribution in [0.5, 0.6) is 5.75 Å². The number of sulfone groups is 1. The van der Waals surface area contributed by atoms with E-state index in [9.17, 15) is 8.42 Å². The Morgan fingerprint density at radius 2 is 1.83 bits per heavy atom. The van der Waals surface area contributed by atoms with Crippen LogP contribution in [0.3, 0.4) is 0 Å². The Balaban J connectivity index is 1.98. The van der Waals surface area contributed by atoms with E-state index in [4.69, 9.17) is 10.5 Å². The predicted molar refractivity (Wildman–Crippen MR) is 88.2 cm³/mol. The highest BCUT2D eigenvalue weighted by Gasteiger charge is 2.20. The normalized spacial score (nSPS) is 11.3. The summed E-state index contributed by atoms with van der Waals surface area (Å²) in [6.07, 6.45) is 1.54. The molecular weight excluding hydrogens is 334 g/mol. The van der Waals surface area contributed by atoms with E-state index < -0.39 is 9.84 Å². The molecule has 0 saturated heterocycles. The first-order valence-electron chi connectivity index (χ1n) is 6.58. The summed E-state index contributed by atoms with van der Waals surface area (Å²) in [6, 6.07) is 11.2. The van der Waals surface area contributed by atoms with Crippen LogP contribution in [0.4, 0.5) is 5.95 Å². The average molecular weight is 347 g/mol. The lowest BCUT2D eigenvalue weighted by molar-refractivity contribution is 0.414. The monoisotopic (exact) mass is 347 g/mol. The van der Waals surface area contributed by atoms with Gasteiger partial charge in [-0.2, -0.15) is 0 Å². The lowest BCUT2D eigenvalue weighted by Crippen LogP contribution is -1.99. The van der Waals surface area contributed by atoms with Crippen LogP contribution >= 0.6 is 11.3 Å². The van der Waals surface area contributed by atoms with Gasteiger partial charge in [0.1, 0.15) is 9.96 Å². The van der Waals surface area contributed by atoms with Crippen molar-refractivity contribution in [2.75, 3.05) is 12.8 Å². The molecule has 2 heterocycles. The number of aromatic nitrogens is 2. The zero-order chi connectivity index (χ0) is 16.4. The molecule has 0 saturated carbocycles. The summed E-state index contributed by atoms with van der Waals surface area (Å²) in [7, 11) is -2.04. The number of methoxy groups -OCH3 is 1. The second-order valence-corrected chi connectivity index (χ2v) is 7.86. The van der Waals surface area contributed by atoms with Gasteiger partial charge in [0, 0.05) is 6.20 Å². The smallest absolute Gasteiger partial charge is 0.220 e. The van der Waals surface area contributed by atoms with E-state index in [-0.39, 0.29) is 15.1 Å². The van der Waals surface area contributed by atoms with Crippen molar-refractivity contribution in [2.24, 2.45) is 0 Å². The summed E-state index contributed by atoms with van der Waals surface area (Å²) in [4.78, 5) is 8.86. The number of benzene rings is 1. The van der Waals surface area contributed by atoms with Crippen molar-refractivity contribution in [3.8, 4) is 16.3 Å². The fourth-order valence-electron chi connectivity index (χ4n) is 1.98. The standard InChI is InChI=1S/C15H13N3O3S2/c1-21-10-2-4-11(5-3-10)23(19,20)14-7-6-13(22-14)12-8-9-17-15(16)18-12/h2-9H,1H3,(H2,16,17,18). The van der Waals surface area contributed by atoms with Crippen molar-refractivity contribution in [2.45, 2.75) is 9.10 Å². The van der Waals surface area contributed by atoms with Gasteiger partial charge in [-0.05, 0) is 42.5 Å². The Labute approximate surface area is 137 Å². The summed E-state index contributed by atoms with van der Waals surface area (Å²) in [6.45, 7) is 0. The molecule has 1 aromatic carbocycles. The molecule has 0 unspecified atom stereocenters. The molecule has 0 spiro atoms. The molecule has 2 aromatic heterocycles. The van der Waals surface area contributed by atoms with Crippen LogP contribution in [-0.4, -0.2) is 25.5 Å². The first-order chi connectivity index (χ1) is 11.0. The highest BCUT2D eigenvalue weighted by Crippen LogP contribution is 2.33. The van der Waals surface area contributed by atoms with Crippen LogP contribution in [0.1, 0.15) is 0 Å². The van der Waals surface area contributed by atoms with Gasteiger partial charge in [0.15, 0.2) is 0 Å². The Morgan fingerprint density at radius 1 is 1.09 bits per heavy atom. The first kappa shape index (κ1) is 15.4. The highest BCUT2D eigenvalue weighted by molar-refractivity contribution is 7.93. The Bertz CT molecular complexity index is 935. The number of nitrogens with two attached hydrogens (primary N) is 1. The quantitative estimate of drug-likeness (QED) is 0.779. The second kappa shape index (κ2) is 5.98. The van der Waals surface area contributed by atoms with Gasteiger partial charge in [0.2, 0.25) is 15.8 Å². The molecule has 0 bridgehead atoms. The van der Waals surface area contributed by atoms with Crippen molar-refractivity contribution in [3.63, 3.8) is 0 Å². The summed E-state index contributed by atoms with van der Waals surface area (Å²) in [5, 5.41) is 0. The SMILES string of the molecule is COc1ccc(S(=O)(=O)c2ccc(-c3ccnc(N)n3)s2)cc1. The van der Waals surface area contributed by atoms with E-state index in [0.717, 1.165) is 11.3 Å². The van der Waals surface area contributed by atoms with Gasteiger partial charge in [0.25, 0.3) is 0 Å². The van der Waals surface area contributed by atoms with Gasteiger partial charge in [-0.1, -0.05) is 0 Å². The molecule has 2 N–H and O–H groups in total. The van der Waals surface area contributed by atoms with E-state index in [2.05, 4.69) is 9.97 Å². The number of ether oxygens (including phenoxy) is 1. The summed E-state index contributed by atoms with van der Waals surface area (Å²) in [5.41, 5.74) is 6.16. The van der Waals surface area contributed by atoms with Crippen molar-refractivity contribution in [1.29, 1.82) is 0 Å². The van der Waals surface area contributed by atoms with Gasteiger partial charge in [-0.15, -0.1) is 11.3 Å². The minimum absolute atomic E-state index is 0.149. The number of nitrogens with zero attached hydrogens (tertiary/aromatic N) is 2. The second-order valence-electron chi connectivity index (χ2n) is 4.60. The molecule has 0 fully saturated rings.